The molecule has 7 heteroatoms. The lowest BCUT2D eigenvalue weighted by Crippen LogP contribution is -2.40. The number of carboxylic acid groups (broad SMARTS) is 1. The second-order valence-corrected chi connectivity index (χ2v) is 5.77. The summed E-state index contributed by atoms with van der Waals surface area (Å²) in [6, 6.07) is 5.00. The number of methoxy groups -OCH3 is 2. The molecule has 0 saturated carbocycles. The fraction of sp³-hybridized carbons (Fsp3) is 0.500. The molecule has 23 heavy (non-hydrogen) atoms. The quantitative estimate of drug-likeness (QED) is 0.854. The fourth-order valence-electron chi connectivity index (χ4n) is 3.43. The van der Waals surface area contributed by atoms with Crippen molar-refractivity contribution < 1.29 is 28.9 Å². The largest absolute Gasteiger partial charge is 0.497 e. The van der Waals surface area contributed by atoms with Crippen LogP contribution in [0.25, 0.3) is 0 Å². The van der Waals surface area contributed by atoms with Crippen LogP contribution in [0.1, 0.15) is 12.8 Å². The van der Waals surface area contributed by atoms with Crippen LogP contribution >= 0.6 is 0 Å². The SMILES string of the molecule is COc1cc(NC(=O)[C@H]2[C@@H](C(=O)O)[C@@H]3CC[C@@H]2O3)cc(OC)c1. The minimum absolute atomic E-state index is 0.325. The van der Waals surface area contributed by atoms with Crippen molar-refractivity contribution in [2.24, 2.45) is 11.8 Å². The molecule has 3 rings (SSSR count). The van der Waals surface area contributed by atoms with E-state index in [0.717, 1.165) is 0 Å². The van der Waals surface area contributed by atoms with Crippen molar-refractivity contribution >= 4 is 17.6 Å². The maximum Gasteiger partial charge on any atom is 0.310 e. The van der Waals surface area contributed by atoms with E-state index in [-0.39, 0.29) is 18.1 Å². The van der Waals surface area contributed by atoms with Gasteiger partial charge in [-0.25, -0.2) is 0 Å². The van der Waals surface area contributed by atoms with Gasteiger partial charge in [-0.15, -0.1) is 0 Å². The molecule has 0 aliphatic carbocycles. The van der Waals surface area contributed by atoms with Crippen molar-refractivity contribution in [1.82, 2.24) is 0 Å². The summed E-state index contributed by atoms with van der Waals surface area (Å²) in [6.45, 7) is 0. The van der Waals surface area contributed by atoms with Gasteiger partial charge in [-0.2, -0.15) is 0 Å². The van der Waals surface area contributed by atoms with E-state index in [4.69, 9.17) is 14.2 Å². The highest BCUT2D eigenvalue weighted by atomic mass is 16.5. The number of amides is 1. The van der Waals surface area contributed by atoms with Gasteiger partial charge in [0.15, 0.2) is 0 Å². The number of hydrogen-bond donors (Lipinski definition) is 2. The lowest BCUT2D eigenvalue weighted by atomic mass is 9.78. The van der Waals surface area contributed by atoms with Gasteiger partial charge in [0, 0.05) is 23.9 Å². The number of carbonyl (C=O) groups excluding carboxylic acids is 1. The summed E-state index contributed by atoms with van der Waals surface area (Å²) in [4.78, 5) is 24.0. The standard InChI is InChI=1S/C16H19NO6/c1-21-9-5-8(6-10(7-9)22-2)17-15(18)13-11-3-4-12(23-11)14(13)16(19)20/h5-7,11-14H,3-4H2,1-2H3,(H,17,18)(H,19,20)/t11-,12-,13+,14-/m0/s1. The molecule has 2 saturated heterocycles. The third kappa shape index (κ3) is 2.84. The van der Waals surface area contributed by atoms with Crippen molar-refractivity contribution in [2.75, 3.05) is 19.5 Å². The summed E-state index contributed by atoms with van der Waals surface area (Å²) in [5.41, 5.74) is 0.498. The van der Waals surface area contributed by atoms with Gasteiger partial charge in [0.25, 0.3) is 0 Å². The highest BCUT2D eigenvalue weighted by Crippen LogP contribution is 2.44. The summed E-state index contributed by atoms with van der Waals surface area (Å²) >= 11 is 0. The number of nitrogens with one attached hydrogen (secondary N) is 1. The summed E-state index contributed by atoms with van der Waals surface area (Å²) in [6.07, 6.45) is 0.716. The van der Waals surface area contributed by atoms with Crippen LogP contribution in [-0.2, 0) is 14.3 Å². The number of aliphatic carboxylic acids is 1. The van der Waals surface area contributed by atoms with Gasteiger partial charge in [0.1, 0.15) is 11.5 Å². The van der Waals surface area contributed by atoms with Crippen LogP contribution < -0.4 is 14.8 Å². The summed E-state index contributed by atoms with van der Waals surface area (Å²) in [5.74, 6) is -1.72. The first kappa shape index (κ1) is 15.6. The Kier molecular flexibility index (Phi) is 4.12. The molecule has 124 valence electrons. The van der Waals surface area contributed by atoms with Crippen molar-refractivity contribution in [1.29, 1.82) is 0 Å². The van der Waals surface area contributed by atoms with Crippen molar-refractivity contribution in [3.63, 3.8) is 0 Å². The van der Waals surface area contributed by atoms with E-state index in [1.165, 1.54) is 14.2 Å². The van der Waals surface area contributed by atoms with E-state index in [1.54, 1.807) is 18.2 Å². The van der Waals surface area contributed by atoms with E-state index in [1.807, 2.05) is 0 Å². The van der Waals surface area contributed by atoms with Crippen LogP contribution in [0.4, 0.5) is 5.69 Å². The molecule has 0 unspecified atom stereocenters. The average molecular weight is 321 g/mol. The monoisotopic (exact) mass is 321 g/mol. The molecule has 2 aliphatic rings. The van der Waals surface area contributed by atoms with Crippen molar-refractivity contribution in [3.05, 3.63) is 18.2 Å². The first-order valence-electron chi connectivity index (χ1n) is 7.45. The number of carboxylic acids is 1. The summed E-state index contributed by atoms with van der Waals surface area (Å²) < 4.78 is 15.9. The molecular formula is C16H19NO6. The third-order valence-electron chi connectivity index (χ3n) is 4.48. The summed E-state index contributed by atoms with van der Waals surface area (Å²) in [5, 5.41) is 12.1. The van der Waals surface area contributed by atoms with Gasteiger partial charge in [-0.05, 0) is 12.8 Å². The zero-order valence-electron chi connectivity index (χ0n) is 12.9. The minimum atomic E-state index is -0.986. The Balaban J connectivity index is 1.80. The van der Waals surface area contributed by atoms with Crippen LogP contribution in [-0.4, -0.2) is 43.4 Å². The Morgan fingerprint density at radius 3 is 2.17 bits per heavy atom. The van der Waals surface area contributed by atoms with Gasteiger partial charge in [0.05, 0.1) is 38.3 Å². The van der Waals surface area contributed by atoms with Crippen molar-refractivity contribution in [2.45, 2.75) is 25.0 Å². The molecule has 0 aromatic heterocycles. The molecule has 4 atom stereocenters. The molecule has 0 spiro atoms. The van der Waals surface area contributed by atoms with Gasteiger partial charge in [-0.1, -0.05) is 0 Å². The molecule has 2 heterocycles. The topological polar surface area (TPSA) is 94.1 Å². The first-order chi connectivity index (χ1) is 11.0. The van der Waals surface area contributed by atoms with Crippen molar-refractivity contribution in [3.8, 4) is 11.5 Å². The predicted octanol–water partition coefficient (Wildman–Crippen LogP) is 1.52. The molecule has 0 radical (unpaired) electrons. The maximum atomic E-state index is 12.6. The van der Waals surface area contributed by atoms with E-state index >= 15 is 0 Å². The number of hydrogen-bond acceptors (Lipinski definition) is 5. The first-order valence-corrected chi connectivity index (χ1v) is 7.45. The van der Waals surface area contributed by atoms with E-state index in [9.17, 15) is 14.7 Å². The number of benzene rings is 1. The molecule has 7 nitrogen and oxygen atoms in total. The fourth-order valence-corrected chi connectivity index (χ4v) is 3.43. The molecule has 2 N–H and O–H groups in total. The number of rotatable bonds is 5. The molecular weight excluding hydrogens is 302 g/mol. The second kappa shape index (κ2) is 6.08. The molecule has 1 aromatic rings. The van der Waals surface area contributed by atoms with E-state index < -0.39 is 17.8 Å². The van der Waals surface area contributed by atoms with Gasteiger partial charge < -0.3 is 24.6 Å². The Morgan fingerprint density at radius 2 is 1.65 bits per heavy atom. The Labute approximate surface area is 133 Å². The number of fused-ring (bicyclic) bond motifs is 2. The van der Waals surface area contributed by atoms with Gasteiger partial charge in [0.2, 0.25) is 5.91 Å². The second-order valence-electron chi connectivity index (χ2n) is 5.77. The Bertz CT molecular complexity index is 609. The average Bonchev–Trinajstić information content (AvgIpc) is 3.15. The minimum Gasteiger partial charge on any atom is -0.497 e. The lowest BCUT2D eigenvalue weighted by Gasteiger charge is -2.24. The third-order valence-corrected chi connectivity index (χ3v) is 4.48. The van der Waals surface area contributed by atoms with Crippen LogP contribution in [0.15, 0.2) is 18.2 Å². The molecule has 2 fully saturated rings. The highest BCUT2D eigenvalue weighted by molar-refractivity contribution is 5.96. The molecule has 2 aliphatic heterocycles. The normalized spacial score (nSPS) is 28.4. The van der Waals surface area contributed by atoms with Crippen LogP contribution in [0.2, 0.25) is 0 Å². The molecule has 2 bridgehead atoms. The zero-order valence-corrected chi connectivity index (χ0v) is 12.9. The predicted molar refractivity (Wildman–Crippen MR) is 80.7 cm³/mol. The number of carbonyl (C=O) groups is 2. The summed E-state index contributed by atoms with van der Waals surface area (Å²) in [7, 11) is 3.04. The van der Waals surface area contributed by atoms with Crippen LogP contribution in [0, 0.1) is 11.8 Å². The number of anilines is 1. The number of ether oxygens (including phenoxy) is 3. The zero-order chi connectivity index (χ0) is 16.6. The lowest BCUT2D eigenvalue weighted by molar-refractivity contribution is -0.147. The van der Waals surface area contributed by atoms with Gasteiger partial charge >= 0.3 is 5.97 Å². The maximum absolute atomic E-state index is 12.6. The van der Waals surface area contributed by atoms with E-state index in [2.05, 4.69) is 5.32 Å². The highest BCUT2D eigenvalue weighted by Gasteiger charge is 2.55. The van der Waals surface area contributed by atoms with E-state index in [0.29, 0.717) is 30.0 Å². The molecule has 1 amide bonds. The Hall–Kier alpha value is -2.28. The van der Waals surface area contributed by atoms with Gasteiger partial charge in [-0.3, -0.25) is 9.59 Å². The Morgan fingerprint density at radius 1 is 1.09 bits per heavy atom. The molecule has 1 aromatic carbocycles. The van der Waals surface area contributed by atoms with Crippen LogP contribution in [0.5, 0.6) is 11.5 Å². The van der Waals surface area contributed by atoms with Crippen LogP contribution in [0.3, 0.4) is 0 Å². The smallest absolute Gasteiger partial charge is 0.310 e.